The molecule has 0 saturated heterocycles. The lowest BCUT2D eigenvalue weighted by atomic mass is 9.99. The van der Waals surface area contributed by atoms with Crippen molar-refractivity contribution in [2.24, 2.45) is 10.9 Å². The fourth-order valence-electron chi connectivity index (χ4n) is 2.58. The molecule has 1 aliphatic rings. The summed E-state index contributed by atoms with van der Waals surface area (Å²) < 4.78 is 0. The third-order valence-electron chi connectivity index (χ3n) is 4.28. The zero-order valence-corrected chi connectivity index (χ0v) is 17.1. The van der Waals surface area contributed by atoms with Crippen molar-refractivity contribution in [3.05, 3.63) is 60.8 Å². The maximum absolute atomic E-state index is 4.93. The van der Waals surface area contributed by atoms with Gasteiger partial charge in [0.05, 0.1) is 6.04 Å². The van der Waals surface area contributed by atoms with E-state index in [-0.39, 0.29) is 0 Å². The Morgan fingerprint density at radius 1 is 1.36 bits per heavy atom. The van der Waals surface area contributed by atoms with E-state index in [0.29, 0.717) is 12.0 Å². The fraction of sp³-hybridized carbons (Fsp3) is 0.522. The highest BCUT2D eigenvalue weighted by Gasteiger charge is 2.11. The van der Waals surface area contributed by atoms with Crippen molar-refractivity contribution in [3.8, 4) is 0 Å². The van der Waals surface area contributed by atoms with E-state index in [0.717, 1.165) is 30.8 Å². The monoisotopic (exact) mass is 357 g/mol. The Labute approximate surface area is 159 Å². The predicted octanol–water partition coefficient (Wildman–Crippen LogP) is 6.95. The van der Waals surface area contributed by atoms with Crippen molar-refractivity contribution in [1.29, 1.82) is 0 Å². The molecule has 2 atom stereocenters. The second kappa shape index (κ2) is 13.9. The van der Waals surface area contributed by atoms with Gasteiger partial charge in [0.2, 0.25) is 0 Å². The summed E-state index contributed by atoms with van der Waals surface area (Å²) in [6, 6.07) is 0.474. The van der Waals surface area contributed by atoms with Crippen LogP contribution in [0.5, 0.6) is 0 Å². The highest BCUT2D eigenvalue weighted by molar-refractivity contribution is 8.00. The molecule has 0 aromatic carbocycles. The number of nitrogens with zero attached hydrogens (tertiary/aromatic N) is 1. The highest BCUT2D eigenvalue weighted by atomic mass is 32.2. The molecule has 1 rings (SSSR count). The summed E-state index contributed by atoms with van der Waals surface area (Å²) in [7, 11) is 0. The average molecular weight is 358 g/mol. The van der Waals surface area contributed by atoms with E-state index in [1.165, 1.54) is 24.1 Å². The average Bonchev–Trinajstić information content (AvgIpc) is 2.63. The van der Waals surface area contributed by atoms with Gasteiger partial charge >= 0.3 is 0 Å². The van der Waals surface area contributed by atoms with Crippen molar-refractivity contribution >= 4 is 17.5 Å². The van der Waals surface area contributed by atoms with E-state index in [9.17, 15) is 0 Å². The molecule has 25 heavy (non-hydrogen) atoms. The summed E-state index contributed by atoms with van der Waals surface area (Å²) in [6.07, 6.45) is 23.2. The van der Waals surface area contributed by atoms with Crippen LogP contribution in [0.15, 0.2) is 65.8 Å². The molecule has 138 valence electrons. The number of hydrogen-bond acceptors (Lipinski definition) is 2. The predicted molar refractivity (Wildman–Crippen MR) is 118 cm³/mol. The topological polar surface area (TPSA) is 12.4 Å². The molecule has 0 aromatic heterocycles. The lowest BCUT2D eigenvalue weighted by molar-refractivity contribution is 0.529. The number of dihydropyridines is 1. The molecule has 0 N–H and O–H groups in total. The van der Waals surface area contributed by atoms with Gasteiger partial charge in [0.15, 0.2) is 0 Å². The van der Waals surface area contributed by atoms with Crippen LogP contribution in [0.1, 0.15) is 52.9 Å². The van der Waals surface area contributed by atoms with Crippen LogP contribution in [0.25, 0.3) is 0 Å². The Hall–Kier alpha value is -1.28. The van der Waals surface area contributed by atoms with E-state index >= 15 is 0 Å². The Morgan fingerprint density at radius 3 is 2.92 bits per heavy atom. The maximum atomic E-state index is 4.93. The van der Waals surface area contributed by atoms with Crippen LogP contribution < -0.4 is 0 Å². The van der Waals surface area contributed by atoms with Crippen molar-refractivity contribution in [2.45, 2.75) is 58.9 Å². The molecule has 1 nitrogen and oxygen atoms in total. The third-order valence-corrected chi connectivity index (χ3v) is 5.44. The summed E-state index contributed by atoms with van der Waals surface area (Å²) in [5.74, 6) is 2.71. The van der Waals surface area contributed by atoms with Gasteiger partial charge in [-0.3, -0.25) is 4.99 Å². The molecule has 0 saturated carbocycles. The molecule has 0 fully saturated rings. The minimum atomic E-state index is 0.474. The minimum Gasteiger partial charge on any atom is -0.285 e. The van der Waals surface area contributed by atoms with E-state index in [2.05, 4.69) is 69.9 Å². The van der Waals surface area contributed by atoms with Gasteiger partial charge in [-0.2, -0.15) is 11.8 Å². The molecule has 2 heteroatoms. The lowest BCUT2D eigenvalue weighted by Crippen LogP contribution is -2.14. The van der Waals surface area contributed by atoms with Gasteiger partial charge in [0.1, 0.15) is 0 Å². The molecule has 0 aromatic rings. The van der Waals surface area contributed by atoms with Crippen LogP contribution in [0.3, 0.4) is 0 Å². The number of hydrogen-bond donors (Lipinski definition) is 0. The molecule has 1 aliphatic heterocycles. The smallest absolute Gasteiger partial charge is 0.0538 e. The summed E-state index contributed by atoms with van der Waals surface area (Å²) in [6.45, 7) is 10.4. The Bertz CT molecular complexity index is 522. The Morgan fingerprint density at radius 2 is 2.16 bits per heavy atom. The minimum absolute atomic E-state index is 0.474. The summed E-state index contributed by atoms with van der Waals surface area (Å²) in [5, 5.41) is 0. The van der Waals surface area contributed by atoms with Crippen LogP contribution >= 0.6 is 11.8 Å². The van der Waals surface area contributed by atoms with Crippen molar-refractivity contribution in [2.75, 3.05) is 11.5 Å². The third kappa shape index (κ3) is 11.0. The SMILES string of the molecule is C=C[C@@H](C)CCC1CC=CC(CSC/C(C)=C/C/C=C\CC=CC)=N1. The maximum Gasteiger partial charge on any atom is 0.0538 e. The first kappa shape index (κ1) is 21.8. The number of aliphatic imine (C=N–C) groups is 1. The van der Waals surface area contributed by atoms with E-state index in [1.54, 1.807) is 0 Å². The highest BCUT2D eigenvalue weighted by Crippen LogP contribution is 2.18. The van der Waals surface area contributed by atoms with Crippen LogP contribution in [-0.2, 0) is 0 Å². The zero-order valence-electron chi connectivity index (χ0n) is 16.3. The first-order valence-electron chi connectivity index (χ1n) is 9.51. The summed E-state index contributed by atoms with van der Waals surface area (Å²) in [5.41, 5.74) is 2.71. The number of thioether (sulfide) groups is 1. The van der Waals surface area contributed by atoms with Crippen LogP contribution in [0.2, 0.25) is 0 Å². The molecule has 1 heterocycles. The van der Waals surface area contributed by atoms with Gasteiger partial charge in [0, 0.05) is 17.2 Å². The van der Waals surface area contributed by atoms with E-state index < -0.39 is 0 Å². The molecule has 0 spiro atoms. The molecule has 1 unspecified atom stereocenters. The fourth-order valence-corrected chi connectivity index (χ4v) is 3.51. The van der Waals surface area contributed by atoms with Crippen molar-refractivity contribution < 1.29 is 0 Å². The molecule has 0 amide bonds. The first-order chi connectivity index (χ1) is 12.2. The van der Waals surface area contributed by atoms with Crippen LogP contribution in [0, 0.1) is 5.92 Å². The second-order valence-electron chi connectivity index (χ2n) is 6.76. The second-order valence-corrected chi connectivity index (χ2v) is 7.74. The van der Waals surface area contributed by atoms with Gasteiger partial charge < -0.3 is 0 Å². The van der Waals surface area contributed by atoms with Crippen LogP contribution in [0.4, 0.5) is 0 Å². The van der Waals surface area contributed by atoms with Gasteiger partial charge in [0.25, 0.3) is 0 Å². The quantitative estimate of drug-likeness (QED) is 0.344. The molecule has 0 bridgehead atoms. The van der Waals surface area contributed by atoms with Gasteiger partial charge in [-0.05, 0) is 57.9 Å². The van der Waals surface area contributed by atoms with E-state index in [4.69, 9.17) is 4.99 Å². The molecular formula is C23H35NS. The van der Waals surface area contributed by atoms with Gasteiger partial charge in [-0.25, -0.2) is 0 Å². The molecule has 0 aliphatic carbocycles. The first-order valence-corrected chi connectivity index (χ1v) is 10.7. The van der Waals surface area contributed by atoms with E-state index in [1.807, 2.05) is 17.8 Å². The Balaban J connectivity index is 2.27. The van der Waals surface area contributed by atoms with Gasteiger partial charge in [-0.15, -0.1) is 6.58 Å². The number of rotatable bonds is 12. The lowest BCUT2D eigenvalue weighted by Gasteiger charge is -2.17. The van der Waals surface area contributed by atoms with Gasteiger partial charge in [-0.1, -0.05) is 55.0 Å². The normalized spacial score (nSPS) is 19.6. The summed E-state index contributed by atoms with van der Waals surface area (Å²) >= 11 is 1.97. The largest absolute Gasteiger partial charge is 0.285 e. The Kier molecular flexibility index (Phi) is 12.1. The van der Waals surface area contributed by atoms with Crippen molar-refractivity contribution in [1.82, 2.24) is 0 Å². The van der Waals surface area contributed by atoms with Crippen LogP contribution in [-0.4, -0.2) is 23.3 Å². The zero-order chi connectivity index (χ0) is 18.3. The number of allylic oxidation sites excluding steroid dienone is 7. The summed E-state index contributed by atoms with van der Waals surface area (Å²) in [4.78, 5) is 4.93. The molecular weight excluding hydrogens is 322 g/mol. The molecule has 0 radical (unpaired) electrons. The standard InChI is InChI=1S/C23H35NS/c1-5-7-8-9-10-11-13-21(4)18-25-19-23-15-12-14-22(24-23)17-16-20(3)6-2/h5-7,9-10,12-13,15,20,22H,2,8,11,14,16-19H2,1,3-4H3/b7-5?,10-9-,21-13+/t20-,22?/m1/s1. The van der Waals surface area contributed by atoms with Crippen molar-refractivity contribution in [3.63, 3.8) is 0 Å².